The number of aromatic amines is 1. The van der Waals surface area contributed by atoms with E-state index in [4.69, 9.17) is 16.3 Å². The van der Waals surface area contributed by atoms with E-state index in [1.54, 1.807) is 32.2 Å². The Labute approximate surface area is 194 Å². The highest BCUT2D eigenvalue weighted by Crippen LogP contribution is 2.39. The van der Waals surface area contributed by atoms with Crippen LogP contribution in [0.5, 0.6) is 0 Å². The number of esters is 1. The van der Waals surface area contributed by atoms with Gasteiger partial charge >= 0.3 is 5.97 Å². The molecule has 1 aliphatic heterocycles. The van der Waals surface area contributed by atoms with Crippen molar-refractivity contribution in [2.45, 2.75) is 30.7 Å². The van der Waals surface area contributed by atoms with Crippen molar-refractivity contribution in [3.63, 3.8) is 0 Å². The Morgan fingerprint density at radius 3 is 2.72 bits per heavy atom. The van der Waals surface area contributed by atoms with Crippen LogP contribution in [0.3, 0.4) is 0 Å². The summed E-state index contributed by atoms with van der Waals surface area (Å²) in [5.41, 5.74) is 2.43. The summed E-state index contributed by atoms with van der Waals surface area (Å²) in [6, 6.07) is 12.9. The molecule has 1 atom stereocenters. The predicted octanol–water partition coefficient (Wildman–Crippen LogP) is 4.51. The third-order valence-corrected chi connectivity index (χ3v) is 6.31. The molecule has 0 saturated carbocycles. The fourth-order valence-corrected chi connectivity index (χ4v) is 4.73. The number of carbonyl (C=O) groups is 1. The van der Waals surface area contributed by atoms with Crippen molar-refractivity contribution in [2.24, 2.45) is 0 Å². The second kappa shape index (κ2) is 9.58. The molecule has 0 spiro atoms. The van der Waals surface area contributed by atoms with Crippen LogP contribution in [-0.2, 0) is 15.3 Å². The number of hydrogen-bond donors (Lipinski definition) is 2. The summed E-state index contributed by atoms with van der Waals surface area (Å²) >= 11 is 7.61. The summed E-state index contributed by atoms with van der Waals surface area (Å²) in [6.07, 6.45) is 1.63. The molecular weight excluding hydrogens is 448 g/mol. The number of ether oxygens (including phenoxy) is 1. The molecule has 0 bridgehead atoms. The van der Waals surface area contributed by atoms with Crippen LogP contribution in [0.15, 0.2) is 69.9 Å². The van der Waals surface area contributed by atoms with Crippen molar-refractivity contribution in [3.05, 3.63) is 92.1 Å². The Kier molecular flexibility index (Phi) is 6.62. The van der Waals surface area contributed by atoms with E-state index in [0.717, 1.165) is 5.56 Å². The zero-order chi connectivity index (χ0) is 22.7. The van der Waals surface area contributed by atoms with Gasteiger partial charge in [0.2, 0.25) is 0 Å². The zero-order valence-electron chi connectivity index (χ0n) is 17.5. The molecule has 1 aromatic carbocycles. The lowest BCUT2D eigenvalue weighted by Crippen LogP contribution is -2.31. The van der Waals surface area contributed by atoms with Crippen molar-refractivity contribution in [1.29, 1.82) is 0 Å². The lowest BCUT2D eigenvalue weighted by molar-refractivity contribution is -0.138. The molecule has 164 valence electrons. The summed E-state index contributed by atoms with van der Waals surface area (Å²) in [7, 11) is 0. The number of thioether (sulfide) groups is 1. The van der Waals surface area contributed by atoms with Gasteiger partial charge in [0, 0.05) is 22.7 Å². The molecule has 3 heterocycles. The van der Waals surface area contributed by atoms with Gasteiger partial charge in [0.1, 0.15) is 5.82 Å². The molecule has 7 nitrogen and oxygen atoms in total. The lowest BCUT2D eigenvalue weighted by atomic mass is 9.85. The number of nitrogens with one attached hydrogen (secondary N) is 2. The summed E-state index contributed by atoms with van der Waals surface area (Å²) in [4.78, 5) is 37.8. The van der Waals surface area contributed by atoms with E-state index in [-0.39, 0.29) is 12.2 Å². The Balaban J connectivity index is 1.75. The third kappa shape index (κ3) is 4.42. The fourth-order valence-electron chi connectivity index (χ4n) is 3.58. The van der Waals surface area contributed by atoms with E-state index < -0.39 is 11.9 Å². The average molecular weight is 469 g/mol. The first-order chi connectivity index (χ1) is 15.5. The highest BCUT2D eigenvalue weighted by Gasteiger charge is 2.37. The molecule has 0 aliphatic carbocycles. The van der Waals surface area contributed by atoms with Gasteiger partial charge in [-0.3, -0.25) is 9.78 Å². The SMILES string of the molecule is CCOC(=O)C1=C(C)Nc2nc(SCc3ccccc3Cl)[nH]c(=O)c2C1c1ccccn1. The highest BCUT2D eigenvalue weighted by atomic mass is 35.5. The number of pyridine rings is 1. The maximum Gasteiger partial charge on any atom is 0.336 e. The van der Waals surface area contributed by atoms with Gasteiger partial charge in [-0.15, -0.1) is 0 Å². The van der Waals surface area contributed by atoms with Crippen molar-refractivity contribution < 1.29 is 9.53 Å². The number of anilines is 1. The molecule has 1 unspecified atom stereocenters. The molecule has 9 heteroatoms. The minimum absolute atomic E-state index is 0.226. The minimum atomic E-state index is -0.689. The van der Waals surface area contributed by atoms with Crippen LogP contribution in [0.25, 0.3) is 0 Å². The van der Waals surface area contributed by atoms with Crippen molar-refractivity contribution in [1.82, 2.24) is 15.0 Å². The van der Waals surface area contributed by atoms with Gasteiger partial charge in [-0.25, -0.2) is 9.78 Å². The Morgan fingerprint density at radius 1 is 1.22 bits per heavy atom. The standard InChI is InChI=1S/C23H21ClN4O3S/c1-3-31-22(30)17-13(2)26-20-19(18(17)16-10-6-7-11-25-16)21(29)28-23(27-20)32-12-14-8-4-5-9-15(14)24/h4-11,18H,3,12H2,1-2H3,(H2,26,27,28,29). The molecule has 4 rings (SSSR count). The summed E-state index contributed by atoms with van der Waals surface area (Å²) in [5, 5.41) is 4.23. The van der Waals surface area contributed by atoms with Gasteiger partial charge in [-0.2, -0.15) is 0 Å². The van der Waals surface area contributed by atoms with E-state index in [1.807, 2.05) is 30.3 Å². The van der Waals surface area contributed by atoms with E-state index in [9.17, 15) is 9.59 Å². The fraction of sp³-hybridized carbons (Fsp3) is 0.217. The number of fused-ring (bicyclic) bond motifs is 1. The molecule has 2 aromatic heterocycles. The molecule has 0 saturated heterocycles. The number of allylic oxidation sites excluding steroid dienone is 1. The van der Waals surface area contributed by atoms with Gasteiger partial charge in [-0.1, -0.05) is 47.6 Å². The molecule has 0 fully saturated rings. The van der Waals surface area contributed by atoms with E-state index in [2.05, 4.69) is 20.3 Å². The molecule has 2 N–H and O–H groups in total. The Hall–Kier alpha value is -3.10. The maximum absolute atomic E-state index is 13.2. The normalized spacial score (nSPS) is 15.2. The largest absolute Gasteiger partial charge is 0.463 e. The number of benzene rings is 1. The first-order valence-corrected chi connectivity index (χ1v) is 11.4. The van der Waals surface area contributed by atoms with Gasteiger partial charge in [0.15, 0.2) is 5.16 Å². The number of hydrogen-bond acceptors (Lipinski definition) is 7. The van der Waals surface area contributed by atoms with Crippen LogP contribution >= 0.6 is 23.4 Å². The highest BCUT2D eigenvalue weighted by molar-refractivity contribution is 7.98. The zero-order valence-corrected chi connectivity index (χ0v) is 19.1. The number of nitrogens with zero attached hydrogens (tertiary/aromatic N) is 2. The Bertz CT molecular complexity index is 1240. The van der Waals surface area contributed by atoms with Gasteiger partial charge in [-0.05, 0) is 37.6 Å². The molecule has 0 amide bonds. The average Bonchev–Trinajstić information content (AvgIpc) is 2.78. The minimum Gasteiger partial charge on any atom is -0.463 e. The first kappa shape index (κ1) is 22.1. The smallest absolute Gasteiger partial charge is 0.336 e. The van der Waals surface area contributed by atoms with Crippen molar-refractivity contribution >= 4 is 35.1 Å². The number of halogens is 1. The molecule has 32 heavy (non-hydrogen) atoms. The van der Waals surface area contributed by atoms with Gasteiger partial charge < -0.3 is 15.0 Å². The van der Waals surface area contributed by atoms with E-state index in [1.165, 1.54) is 11.8 Å². The number of H-pyrrole nitrogens is 1. The lowest BCUT2D eigenvalue weighted by Gasteiger charge is -2.28. The van der Waals surface area contributed by atoms with E-state index >= 15 is 0 Å². The number of rotatable bonds is 6. The van der Waals surface area contributed by atoms with Crippen molar-refractivity contribution in [3.8, 4) is 0 Å². The first-order valence-electron chi connectivity index (χ1n) is 10.1. The third-order valence-electron chi connectivity index (χ3n) is 5.02. The molecular formula is C23H21ClN4O3S. The number of carbonyl (C=O) groups excluding carboxylic acids is 1. The van der Waals surface area contributed by atoms with Crippen LogP contribution in [0.4, 0.5) is 5.82 Å². The van der Waals surface area contributed by atoms with Crippen LogP contribution < -0.4 is 10.9 Å². The number of aromatic nitrogens is 3. The van der Waals surface area contributed by atoms with Crippen LogP contribution in [-0.4, -0.2) is 27.5 Å². The van der Waals surface area contributed by atoms with Crippen molar-refractivity contribution in [2.75, 3.05) is 11.9 Å². The molecule has 1 aliphatic rings. The quantitative estimate of drug-likeness (QED) is 0.312. The maximum atomic E-state index is 13.2. The molecule has 0 radical (unpaired) electrons. The van der Waals surface area contributed by atoms with Crippen LogP contribution in [0.2, 0.25) is 5.02 Å². The summed E-state index contributed by atoms with van der Waals surface area (Å²) < 4.78 is 5.27. The second-order valence-corrected chi connectivity index (χ2v) is 8.46. The summed E-state index contributed by atoms with van der Waals surface area (Å²) in [6.45, 7) is 3.73. The second-order valence-electron chi connectivity index (χ2n) is 7.09. The van der Waals surface area contributed by atoms with Gasteiger partial charge in [0.05, 0.1) is 29.4 Å². The van der Waals surface area contributed by atoms with Gasteiger partial charge in [0.25, 0.3) is 5.56 Å². The Morgan fingerprint density at radius 2 is 2.00 bits per heavy atom. The summed E-state index contributed by atoms with van der Waals surface area (Å²) in [5.74, 6) is -0.231. The topological polar surface area (TPSA) is 97.0 Å². The molecule has 3 aromatic rings. The predicted molar refractivity (Wildman–Crippen MR) is 125 cm³/mol. The van der Waals surface area contributed by atoms with E-state index in [0.29, 0.717) is 44.3 Å². The monoisotopic (exact) mass is 468 g/mol. The van der Waals surface area contributed by atoms with Crippen LogP contribution in [0.1, 0.15) is 36.6 Å². The van der Waals surface area contributed by atoms with Crippen LogP contribution in [0, 0.1) is 0 Å².